The minimum absolute atomic E-state index is 0.145. The Morgan fingerprint density at radius 1 is 1.29 bits per heavy atom. The van der Waals surface area contributed by atoms with Gasteiger partial charge in [-0.05, 0) is 29.9 Å². The van der Waals surface area contributed by atoms with E-state index in [4.69, 9.17) is 9.47 Å². The summed E-state index contributed by atoms with van der Waals surface area (Å²) in [6, 6.07) is 7.00. The lowest BCUT2D eigenvalue weighted by Gasteiger charge is -2.37. The molecule has 110 valence electrons. The highest BCUT2D eigenvalue weighted by Gasteiger charge is 2.41. The molecule has 1 N–H and O–H groups in total. The second-order valence-electron chi connectivity index (χ2n) is 4.67. The largest absolute Gasteiger partial charge is 0.508 e. The minimum Gasteiger partial charge on any atom is -0.508 e. The first-order chi connectivity index (χ1) is 10.2. The highest BCUT2D eigenvalue weighted by molar-refractivity contribution is 5.66. The van der Waals surface area contributed by atoms with Crippen LogP contribution >= 0.6 is 0 Å². The molecular formula is C17H18O4. The molecule has 2 rings (SSSR count). The van der Waals surface area contributed by atoms with E-state index in [0.29, 0.717) is 5.56 Å². The number of para-hydroxylation sites is 1. The summed E-state index contributed by atoms with van der Waals surface area (Å²) < 4.78 is 11.2. The highest BCUT2D eigenvalue weighted by Crippen LogP contribution is 2.40. The summed E-state index contributed by atoms with van der Waals surface area (Å²) >= 11 is 0. The molecule has 0 spiro atoms. The lowest BCUT2D eigenvalue weighted by molar-refractivity contribution is -0.104. The molecule has 0 aliphatic heterocycles. The molecule has 0 radical (unpaired) electrons. The van der Waals surface area contributed by atoms with Crippen LogP contribution in [0.1, 0.15) is 5.56 Å². The van der Waals surface area contributed by atoms with Crippen LogP contribution in [0.5, 0.6) is 5.75 Å². The molecule has 4 heteroatoms. The van der Waals surface area contributed by atoms with Crippen LogP contribution in [-0.4, -0.2) is 31.7 Å². The average molecular weight is 286 g/mol. The number of methoxy groups -OCH3 is 2. The SMILES string of the molecule is COC1C=C(C=CC=O)C=CC1(OC)c1ccccc1O. The first kappa shape index (κ1) is 15.2. The van der Waals surface area contributed by atoms with E-state index in [1.54, 1.807) is 38.5 Å². The lowest BCUT2D eigenvalue weighted by Crippen LogP contribution is -2.41. The van der Waals surface area contributed by atoms with Gasteiger partial charge in [-0.2, -0.15) is 0 Å². The Morgan fingerprint density at radius 3 is 2.67 bits per heavy atom. The maximum Gasteiger partial charge on any atom is 0.144 e. The fraction of sp³-hybridized carbons (Fsp3) is 0.235. The molecular weight excluding hydrogens is 268 g/mol. The van der Waals surface area contributed by atoms with Gasteiger partial charge in [0.2, 0.25) is 0 Å². The van der Waals surface area contributed by atoms with E-state index in [-0.39, 0.29) is 5.75 Å². The van der Waals surface area contributed by atoms with Crippen molar-refractivity contribution in [3.8, 4) is 5.75 Å². The standard InChI is InChI=1S/C17H18O4/c1-20-16-12-13(6-5-11-18)9-10-17(16,21-2)14-7-3-4-8-15(14)19/h3-12,16,19H,1-2H3. The van der Waals surface area contributed by atoms with Crippen molar-refractivity contribution in [1.82, 2.24) is 0 Å². The quantitative estimate of drug-likeness (QED) is 0.667. The van der Waals surface area contributed by atoms with Gasteiger partial charge >= 0.3 is 0 Å². The molecule has 0 amide bonds. The van der Waals surface area contributed by atoms with Crippen LogP contribution in [-0.2, 0) is 19.9 Å². The zero-order valence-electron chi connectivity index (χ0n) is 12.0. The monoisotopic (exact) mass is 286 g/mol. The molecule has 1 aliphatic rings. The van der Waals surface area contributed by atoms with Crippen molar-refractivity contribution in [2.75, 3.05) is 14.2 Å². The number of ether oxygens (including phenoxy) is 2. The van der Waals surface area contributed by atoms with Crippen molar-refractivity contribution < 1.29 is 19.4 Å². The third kappa shape index (κ3) is 2.82. The maximum atomic E-state index is 10.4. The summed E-state index contributed by atoms with van der Waals surface area (Å²) in [5.41, 5.74) is 0.570. The number of allylic oxidation sites excluding steroid dienone is 4. The molecule has 2 atom stereocenters. The number of phenols is 1. The number of carbonyl (C=O) groups excluding carboxylic acids is 1. The van der Waals surface area contributed by atoms with Gasteiger partial charge in [-0.15, -0.1) is 0 Å². The summed E-state index contributed by atoms with van der Waals surface area (Å²) in [5, 5.41) is 10.1. The Hall–Kier alpha value is -2.17. The van der Waals surface area contributed by atoms with Crippen molar-refractivity contribution in [3.05, 3.63) is 65.8 Å². The third-order valence-electron chi connectivity index (χ3n) is 3.57. The Morgan fingerprint density at radius 2 is 2.05 bits per heavy atom. The fourth-order valence-corrected chi connectivity index (χ4v) is 2.51. The number of phenolic OH excluding ortho intramolecular Hbond substituents is 1. The maximum absolute atomic E-state index is 10.4. The van der Waals surface area contributed by atoms with Gasteiger partial charge in [-0.3, -0.25) is 4.79 Å². The zero-order valence-corrected chi connectivity index (χ0v) is 12.0. The normalized spacial score (nSPS) is 25.0. The molecule has 1 aromatic rings. The van der Waals surface area contributed by atoms with Gasteiger partial charge in [0.25, 0.3) is 0 Å². The molecule has 0 saturated carbocycles. The van der Waals surface area contributed by atoms with E-state index in [1.807, 2.05) is 24.3 Å². The number of carbonyl (C=O) groups is 1. The van der Waals surface area contributed by atoms with Gasteiger partial charge in [0.15, 0.2) is 0 Å². The molecule has 4 nitrogen and oxygen atoms in total. The van der Waals surface area contributed by atoms with Crippen LogP contribution in [0, 0.1) is 0 Å². The lowest BCUT2D eigenvalue weighted by atomic mass is 9.82. The topological polar surface area (TPSA) is 55.8 Å². The van der Waals surface area contributed by atoms with Crippen molar-refractivity contribution in [2.45, 2.75) is 11.7 Å². The summed E-state index contributed by atoms with van der Waals surface area (Å²) in [6.45, 7) is 0. The van der Waals surface area contributed by atoms with E-state index in [9.17, 15) is 9.90 Å². The second kappa shape index (κ2) is 6.52. The predicted octanol–water partition coefficient (Wildman–Crippen LogP) is 2.50. The highest BCUT2D eigenvalue weighted by atomic mass is 16.5. The van der Waals surface area contributed by atoms with Gasteiger partial charge in [-0.25, -0.2) is 0 Å². The summed E-state index contributed by atoms with van der Waals surface area (Å²) in [7, 11) is 3.15. The Bertz CT molecular complexity index is 601. The number of hydrogen-bond donors (Lipinski definition) is 1. The molecule has 0 saturated heterocycles. The number of benzene rings is 1. The number of aromatic hydroxyl groups is 1. The fourth-order valence-electron chi connectivity index (χ4n) is 2.51. The molecule has 1 aliphatic carbocycles. The Balaban J connectivity index is 2.48. The average Bonchev–Trinajstić information content (AvgIpc) is 2.53. The van der Waals surface area contributed by atoms with Crippen LogP contribution in [0.25, 0.3) is 0 Å². The van der Waals surface area contributed by atoms with Crippen LogP contribution < -0.4 is 0 Å². The third-order valence-corrected chi connectivity index (χ3v) is 3.57. The van der Waals surface area contributed by atoms with Crippen molar-refractivity contribution in [3.63, 3.8) is 0 Å². The number of aldehydes is 1. The van der Waals surface area contributed by atoms with Crippen LogP contribution in [0.4, 0.5) is 0 Å². The van der Waals surface area contributed by atoms with E-state index in [2.05, 4.69) is 0 Å². The van der Waals surface area contributed by atoms with Crippen molar-refractivity contribution >= 4 is 6.29 Å². The molecule has 1 aromatic carbocycles. The predicted molar refractivity (Wildman–Crippen MR) is 80.0 cm³/mol. The Labute approximate surface area is 124 Å². The van der Waals surface area contributed by atoms with Gasteiger partial charge in [0.05, 0.1) is 0 Å². The molecule has 21 heavy (non-hydrogen) atoms. The van der Waals surface area contributed by atoms with E-state index < -0.39 is 11.7 Å². The van der Waals surface area contributed by atoms with Crippen molar-refractivity contribution in [1.29, 1.82) is 0 Å². The number of rotatable bonds is 5. The van der Waals surface area contributed by atoms with Gasteiger partial charge < -0.3 is 14.6 Å². The zero-order chi connectivity index (χ0) is 15.3. The van der Waals surface area contributed by atoms with Crippen molar-refractivity contribution in [2.24, 2.45) is 0 Å². The van der Waals surface area contributed by atoms with Crippen LogP contribution in [0.3, 0.4) is 0 Å². The van der Waals surface area contributed by atoms with E-state index in [1.165, 1.54) is 6.08 Å². The smallest absolute Gasteiger partial charge is 0.144 e. The Kier molecular flexibility index (Phi) is 4.73. The first-order valence-corrected chi connectivity index (χ1v) is 6.57. The molecule has 2 unspecified atom stereocenters. The van der Waals surface area contributed by atoms with E-state index in [0.717, 1.165) is 11.9 Å². The van der Waals surface area contributed by atoms with Crippen LogP contribution in [0.2, 0.25) is 0 Å². The minimum atomic E-state index is -0.904. The first-order valence-electron chi connectivity index (χ1n) is 6.57. The van der Waals surface area contributed by atoms with Crippen LogP contribution in [0.15, 0.2) is 60.2 Å². The molecule has 0 bridgehead atoms. The van der Waals surface area contributed by atoms with Gasteiger partial charge in [0.1, 0.15) is 23.7 Å². The molecule has 0 fully saturated rings. The second-order valence-corrected chi connectivity index (χ2v) is 4.67. The number of hydrogen-bond acceptors (Lipinski definition) is 4. The molecule has 0 heterocycles. The summed E-state index contributed by atoms with van der Waals surface area (Å²) in [6.07, 6.45) is 8.94. The van der Waals surface area contributed by atoms with Gasteiger partial charge in [0, 0.05) is 19.8 Å². The molecule has 0 aromatic heterocycles. The summed E-state index contributed by atoms with van der Waals surface area (Å²) in [5.74, 6) is 0.145. The van der Waals surface area contributed by atoms with Gasteiger partial charge in [-0.1, -0.05) is 30.4 Å². The van der Waals surface area contributed by atoms with E-state index >= 15 is 0 Å². The summed E-state index contributed by atoms with van der Waals surface area (Å²) in [4.78, 5) is 10.4.